The van der Waals surface area contributed by atoms with Crippen LogP contribution in [-0.4, -0.2) is 24.2 Å². The Balaban J connectivity index is 1.79. The van der Waals surface area contributed by atoms with Gasteiger partial charge in [-0.25, -0.2) is 0 Å². The van der Waals surface area contributed by atoms with E-state index < -0.39 is 0 Å². The van der Waals surface area contributed by atoms with Gasteiger partial charge in [-0.2, -0.15) is 0 Å². The highest BCUT2D eigenvalue weighted by molar-refractivity contribution is 8.01. The summed E-state index contributed by atoms with van der Waals surface area (Å²) in [5.41, 5.74) is 1.43. The van der Waals surface area contributed by atoms with Gasteiger partial charge >= 0.3 is 0 Å². The molecule has 0 saturated heterocycles. The molecule has 2 heterocycles. The third-order valence-corrected chi connectivity index (χ3v) is 5.59. The lowest BCUT2D eigenvalue weighted by molar-refractivity contribution is -0.123. The normalized spacial score (nSPS) is 22.3. The van der Waals surface area contributed by atoms with Gasteiger partial charge in [0.25, 0.3) is 0 Å². The fraction of sp³-hybridized carbons (Fsp3) is 0.643. The van der Waals surface area contributed by atoms with Crippen LogP contribution in [0.4, 0.5) is 0 Å². The first-order chi connectivity index (χ1) is 9.08. The molecule has 1 aromatic heterocycles. The van der Waals surface area contributed by atoms with Crippen molar-refractivity contribution in [1.29, 1.82) is 0 Å². The first kappa shape index (κ1) is 14.9. The van der Waals surface area contributed by atoms with E-state index in [-0.39, 0.29) is 11.8 Å². The van der Waals surface area contributed by atoms with Crippen LogP contribution >= 0.6 is 23.1 Å². The maximum Gasteiger partial charge on any atom is 0.222 e. The second kappa shape index (κ2) is 6.77. The smallest absolute Gasteiger partial charge is 0.222 e. The van der Waals surface area contributed by atoms with Crippen LogP contribution in [0.1, 0.15) is 38.8 Å². The van der Waals surface area contributed by atoms with Gasteiger partial charge in [-0.15, -0.1) is 23.1 Å². The van der Waals surface area contributed by atoms with Gasteiger partial charge in [0.05, 0.1) is 4.21 Å². The van der Waals surface area contributed by atoms with Crippen LogP contribution in [0.25, 0.3) is 0 Å². The summed E-state index contributed by atoms with van der Waals surface area (Å²) in [4.78, 5) is 11.5. The Morgan fingerprint density at radius 2 is 2.26 bits per heavy atom. The fourth-order valence-electron chi connectivity index (χ4n) is 2.18. The van der Waals surface area contributed by atoms with Gasteiger partial charge in [-0.1, -0.05) is 20.8 Å². The predicted octanol–water partition coefficient (Wildman–Crippen LogP) is 3.04. The monoisotopic (exact) mass is 298 g/mol. The minimum atomic E-state index is 0.0644. The van der Waals surface area contributed by atoms with Crippen LogP contribution < -0.4 is 10.6 Å². The quantitative estimate of drug-likeness (QED) is 0.821. The topological polar surface area (TPSA) is 41.1 Å². The van der Waals surface area contributed by atoms with Gasteiger partial charge in [0.15, 0.2) is 0 Å². The van der Waals surface area contributed by atoms with Crippen LogP contribution in [0, 0.1) is 5.92 Å². The largest absolute Gasteiger partial charge is 0.355 e. The third-order valence-electron chi connectivity index (χ3n) is 3.25. The molecule has 2 rings (SSSR count). The average Bonchev–Trinajstić information content (AvgIpc) is 2.81. The van der Waals surface area contributed by atoms with E-state index >= 15 is 0 Å². The minimum absolute atomic E-state index is 0.0644. The summed E-state index contributed by atoms with van der Waals surface area (Å²) >= 11 is 3.81. The van der Waals surface area contributed by atoms with Crippen LogP contribution in [0.5, 0.6) is 0 Å². The summed E-state index contributed by atoms with van der Waals surface area (Å²) in [5, 5.41) is 9.35. The number of thiophene rings is 1. The van der Waals surface area contributed by atoms with Crippen molar-refractivity contribution in [3.63, 3.8) is 0 Å². The fourth-order valence-corrected chi connectivity index (χ4v) is 4.75. The number of thioether (sulfide) groups is 1. The van der Waals surface area contributed by atoms with E-state index in [1.165, 1.54) is 9.77 Å². The zero-order valence-electron chi connectivity index (χ0n) is 11.7. The maximum atomic E-state index is 11.5. The molecule has 5 heteroatoms. The number of hydrogen-bond acceptors (Lipinski definition) is 4. The van der Waals surface area contributed by atoms with Gasteiger partial charge in [-0.3, -0.25) is 4.79 Å². The van der Waals surface area contributed by atoms with E-state index in [9.17, 15) is 4.79 Å². The van der Waals surface area contributed by atoms with Gasteiger partial charge in [0.2, 0.25) is 5.91 Å². The molecular formula is C14H22N2OS2. The standard InChI is InChI=1S/C14H22N2OS2/c1-9(2)13(17)16-6-5-15-12-8-10(3)19-14-11(12)4-7-18-14/h4,7,9-10,12,15H,5-6,8H2,1-3H3,(H,16,17)/t10-,12?/m0/s1. The van der Waals surface area contributed by atoms with Gasteiger partial charge in [-0.05, 0) is 23.4 Å². The number of rotatable bonds is 5. The molecule has 1 aliphatic rings. The van der Waals surface area contributed by atoms with Crippen LogP contribution in [0.2, 0.25) is 0 Å². The van der Waals surface area contributed by atoms with Gasteiger partial charge in [0, 0.05) is 30.3 Å². The minimum Gasteiger partial charge on any atom is -0.355 e. The molecule has 2 N–H and O–H groups in total. The Kier molecular flexibility index (Phi) is 5.30. The molecule has 0 aromatic carbocycles. The molecule has 106 valence electrons. The highest BCUT2D eigenvalue weighted by Gasteiger charge is 2.25. The lowest BCUT2D eigenvalue weighted by Gasteiger charge is -2.27. The molecule has 0 bridgehead atoms. The molecule has 3 nitrogen and oxygen atoms in total. The Bertz CT molecular complexity index is 431. The highest BCUT2D eigenvalue weighted by atomic mass is 32.2. The first-order valence-corrected chi connectivity index (χ1v) is 8.59. The molecule has 0 fully saturated rings. The van der Waals surface area contributed by atoms with Gasteiger partial charge < -0.3 is 10.6 Å². The molecule has 0 radical (unpaired) electrons. The predicted molar refractivity (Wildman–Crippen MR) is 82.8 cm³/mol. The molecule has 0 spiro atoms. The number of fused-ring (bicyclic) bond motifs is 1. The zero-order valence-corrected chi connectivity index (χ0v) is 13.4. The van der Waals surface area contributed by atoms with Crippen molar-refractivity contribution in [3.05, 3.63) is 17.0 Å². The van der Waals surface area contributed by atoms with Gasteiger partial charge in [0.1, 0.15) is 0 Å². The van der Waals surface area contributed by atoms with Crippen molar-refractivity contribution in [1.82, 2.24) is 10.6 Å². The second-order valence-corrected chi connectivity index (χ2v) is 7.90. The van der Waals surface area contributed by atoms with Crippen molar-refractivity contribution in [2.45, 2.75) is 42.7 Å². The van der Waals surface area contributed by atoms with E-state index in [1.807, 2.05) is 36.9 Å². The summed E-state index contributed by atoms with van der Waals surface area (Å²) in [6, 6.07) is 2.66. The molecule has 19 heavy (non-hydrogen) atoms. The molecule has 0 aliphatic carbocycles. The summed E-state index contributed by atoms with van der Waals surface area (Å²) in [6.07, 6.45) is 1.16. The number of carbonyl (C=O) groups excluding carboxylic acids is 1. The zero-order chi connectivity index (χ0) is 13.8. The Hall–Kier alpha value is -0.520. The Morgan fingerprint density at radius 1 is 1.47 bits per heavy atom. The summed E-state index contributed by atoms with van der Waals surface area (Å²) < 4.78 is 1.45. The lowest BCUT2D eigenvalue weighted by atomic mass is 10.1. The second-order valence-electron chi connectivity index (χ2n) is 5.28. The van der Waals surface area contributed by atoms with Crippen molar-refractivity contribution in [3.8, 4) is 0 Å². The van der Waals surface area contributed by atoms with Crippen LogP contribution in [0.15, 0.2) is 15.7 Å². The molecule has 1 amide bonds. The lowest BCUT2D eigenvalue weighted by Crippen LogP contribution is -2.36. The van der Waals surface area contributed by atoms with E-state index in [1.54, 1.807) is 0 Å². The van der Waals surface area contributed by atoms with Crippen molar-refractivity contribution >= 4 is 29.0 Å². The van der Waals surface area contributed by atoms with E-state index in [4.69, 9.17) is 0 Å². The highest BCUT2D eigenvalue weighted by Crippen LogP contribution is 2.43. The summed E-state index contributed by atoms with van der Waals surface area (Å²) in [6.45, 7) is 7.65. The SMILES string of the molecule is CC(C)C(=O)NCCNC1C[C@H](C)Sc2sccc21. The molecule has 0 saturated carbocycles. The van der Waals surface area contributed by atoms with Crippen molar-refractivity contribution in [2.75, 3.05) is 13.1 Å². The van der Waals surface area contributed by atoms with Crippen LogP contribution in [-0.2, 0) is 4.79 Å². The summed E-state index contributed by atoms with van der Waals surface area (Å²) in [7, 11) is 0. The molecule has 1 aromatic rings. The molecule has 1 unspecified atom stereocenters. The Morgan fingerprint density at radius 3 is 3.00 bits per heavy atom. The van der Waals surface area contributed by atoms with Crippen molar-refractivity contribution < 1.29 is 4.79 Å². The van der Waals surface area contributed by atoms with Crippen LogP contribution in [0.3, 0.4) is 0 Å². The molecule has 2 atom stereocenters. The number of carbonyl (C=O) groups is 1. The number of amides is 1. The summed E-state index contributed by atoms with van der Waals surface area (Å²) in [5.74, 6) is 0.195. The molecular weight excluding hydrogens is 276 g/mol. The molecule has 1 aliphatic heterocycles. The average molecular weight is 298 g/mol. The first-order valence-electron chi connectivity index (χ1n) is 6.83. The number of hydrogen-bond donors (Lipinski definition) is 2. The van der Waals surface area contributed by atoms with E-state index in [2.05, 4.69) is 29.0 Å². The van der Waals surface area contributed by atoms with E-state index in [0.717, 1.165) is 13.0 Å². The third kappa shape index (κ3) is 3.97. The number of nitrogens with one attached hydrogen (secondary N) is 2. The maximum absolute atomic E-state index is 11.5. The van der Waals surface area contributed by atoms with E-state index in [0.29, 0.717) is 17.8 Å². The Labute approximate surface area is 123 Å². The van der Waals surface area contributed by atoms with Crippen molar-refractivity contribution in [2.24, 2.45) is 5.92 Å².